The maximum absolute atomic E-state index is 11.7. The fraction of sp³-hybridized carbons (Fsp3) is 0.182. The largest absolute Gasteiger partial charge is 0.299 e. The molecule has 0 aliphatic heterocycles. The number of aromatic nitrogens is 4. The van der Waals surface area contributed by atoms with E-state index in [2.05, 4.69) is 19.9 Å². The number of hydrogen-bond acceptors (Lipinski definition) is 6. The van der Waals surface area contributed by atoms with Crippen molar-refractivity contribution in [1.29, 1.82) is 0 Å². The molecule has 2 aromatic rings. The van der Waals surface area contributed by atoms with Crippen molar-refractivity contribution in [2.45, 2.75) is 12.1 Å². The second-order valence-electron chi connectivity index (χ2n) is 3.49. The lowest BCUT2D eigenvalue weighted by Gasteiger charge is -1.99. The van der Waals surface area contributed by atoms with E-state index in [-0.39, 0.29) is 16.9 Å². The van der Waals surface area contributed by atoms with Crippen LogP contribution in [-0.2, 0) is 4.79 Å². The average Bonchev–Trinajstić information content (AvgIpc) is 2.36. The normalized spacial score (nSPS) is 11.2. The summed E-state index contributed by atoms with van der Waals surface area (Å²) in [5.74, 6) is -0.0957. The molecule has 0 saturated heterocycles. The van der Waals surface area contributed by atoms with E-state index in [1.807, 2.05) is 6.26 Å². The summed E-state index contributed by atoms with van der Waals surface area (Å²) in [5.41, 5.74) is 0.568. The Bertz CT molecular complexity index is 693. The van der Waals surface area contributed by atoms with E-state index in [0.29, 0.717) is 16.5 Å². The van der Waals surface area contributed by atoms with Gasteiger partial charge in [-0.3, -0.25) is 14.6 Å². The minimum absolute atomic E-state index is 0.0957. The van der Waals surface area contributed by atoms with Crippen LogP contribution in [0.15, 0.2) is 22.2 Å². The maximum Gasteiger partial charge on any atom is 0.279 e. The van der Waals surface area contributed by atoms with Crippen molar-refractivity contribution in [3.8, 4) is 0 Å². The Morgan fingerprint density at radius 3 is 2.89 bits per heavy atom. The van der Waals surface area contributed by atoms with Gasteiger partial charge in [-0.1, -0.05) is 11.8 Å². The van der Waals surface area contributed by atoms with Crippen LogP contribution >= 0.6 is 11.8 Å². The molecule has 18 heavy (non-hydrogen) atoms. The summed E-state index contributed by atoms with van der Waals surface area (Å²) in [6.45, 7) is 1.43. The van der Waals surface area contributed by atoms with Gasteiger partial charge in [0.2, 0.25) is 0 Å². The van der Waals surface area contributed by atoms with E-state index < -0.39 is 0 Å². The van der Waals surface area contributed by atoms with Gasteiger partial charge in [0.1, 0.15) is 0 Å². The molecule has 0 amide bonds. The SMILES string of the molecule is CSc1nc2ncc(/C=C/C(C)=O)nc2c(=O)[nH]1. The van der Waals surface area contributed by atoms with Crippen LogP contribution in [0.1, 0.15) is 12.6 Å². The third kappa shape index (κ3) is 2.62. The van der Waals surface area contributed by atoms with Gasteiger partial charge in [-0.15, -0.1) is 0 Å². The van der Waals surface area contributed by atoms with Crippen molar-refractivity contribution in [2.24, 2.45) is 0 Å². The third-order valence-corrected chi connectivity index (χ3v) is 2.68. The second-order valence-corrected chi connectivity index (χ2v) is 4.28. The van der Waals surface area contributed by atoms with Crippen LogP contribution in [0, 0.1) is 0 Å². The molecule has 6 nitrogen and oxygen atoms in total. The summed E-state index contributed by atoms with van der Waals surface area (Å²) in [7, 11) is 0. The molecule has 92 valence electrons. The summed E-state index contributed by atoms with van der Waals surface area (Å²) >= 11 is 1.32. The molecule has 0 spiro atoms. The van der Waals surface area contributed by atoms with E-state index in [4.69, 9.17) is 0 Å². The molecule has 0 atom stereocenters. The molecule has 0 saturated carbocycles. The lowest BCUT2D eigenvalue weighted by Crippen LogP contribution is -2.12. The maximum atomic E-state index is 11.7. The topological polar surface area (TPSA) is 88.6 Å². The quantitative estimate of drug-likeness (QED) is 0.505. The van der Waals surface area contributed by atoms with Gasteiger partial charge in [0, 0.05) is 0 Å². The zero-order valence-electron chi connectivity index (χ0n) is 9.80. The van der Waals surface area contributed by atoms with Crippen LogP contribution in [0.25, 0.3) is 17.2 Å². The minimum Gasteiger partial charge on any atom is -0.299 e. The summed E-state index contributed by atoms with van der Waals surface area (Å²) in [6.07, 6.45) is 6.16. The van der Waals surface area contributed by atoms with Gasteiger partial charge in [0.05, 0.1) is 11.9 Å². The molecule has 7 heteroatoms. The van der Waals surface area contributed by atoms with Gasteiger partial charge in [-0.05, 0) is 25.3 Å². The Hall–Kier alpha value is -2.02. The van der Waals surface area contributed by atoms with E-state index in [1.54, 1.807) is 0 Å². The predicted octanol–water partition coefficient (Wildman–Crippen LogP) is 1.04. The number of allylic oxidation sites excluding steroid dienone is 1. The smallest absolute Gasteiger partial charge is 0.279 e. The van der Waals surface area contributed by atoms with Crippen LogP contribution in [-0.4, -0.2) is 32.0 Å². The van der Waals surface area contributed by atoms with E-state index in [1.165, 1.54) is 37.0 Å². The first kappa shape index (κ1) is 12.4. The Kier molecular flexibility index (Phi) is 3.52. The highest BCUT2D eigenvalue weighted by atomic mass is 32.2. The molecular formula is C11H10N4O2S. The summed E-state index contributed by atoms with van der Waals surface area (Å²) < 4.78 is 0. The highest BCUT2D eigenvalue weighted by molar-refractivity contribution is 7.98. The number of thioether (sulfide) groups is 1. The summed E-state index contributed by atoms with van der Waals surface area (Å²) in [4.78, 5) is 37.5. The Labute approximate surface area is 107 Å². The molecule has 0 aromatic carbocycles. The number of nitrogens with zero attached hydrogens (tertiary/aromatic N) is 3. The van der Waals surface area contributed by atoms with E-state index in [0.717, 1.165) is 0 Å². The number of nitrogens with one attached hydrogen (secondary N) is 1. The highest BCUT2D eigenvalue weighted by Gasteiger charge is 2.06. The fourth-order valence-electron chi connectivity index (χ4n) is 1.29. The molecule has 0 aliphatic carbocycles. The van der Waals surface area contributed by atoms with Crippen LogP contribution in [0.4, 0.5) is 0 Å². The average molecular weight is 262 g/mol. The molecule has 2 aromatic heterocycles. The van der Waals surface area contributed by atoms with Crippen LogP contribution in [0.2, 0.25) is 0 Å². The van der Waals surface area contributed by atoms with Crippen molar-refractivity contribution in [3.05, 3.63) is 28.3 Å². The third-order valence-electron chi connectivity index (χ3n) is 2.10. The van der Waals surface area contributed by atoms with Gasteiger partial charge in [0.15, 0.2) is 22.1 Å². The molecule has 0 bridgehead atoms. The van der Waals surface area contributed by atoms with Gasteiger partial charge in [-0.2, -0.15) is 0 Å². The predicted molar refractivity (Wildman–Crippen MR) is 69.4 cm³/mol. The first-order valence-electron chi connectivity index (χ1n) is 5.10. The number of ketones is 1. The number of carbonyl (C=O) groups is 1. The molecule has 0 aliphatic rings. The minimum atomic E-state index is -0.338. The second kappa shape index (κ2) is 5.09. The van der Waals surface area contributed by atoms with Crippen molar-refractivity contribution in [3.63, 3.8) is 0 Å². The first-order valence-corrected chi connectivity index (χ1v) is 6.32. The molecular weight excluding hydrogens is 252 g/mol. The summed E-state index contributed by atoms with van der Waals surface area (Å²) in [5, 5.41) is 0.494. The molecule has 2 heterocycles. The van der Waals surface area contributed by atoms with Crippen LogP contribution in [0.5, 0.6) is 0 Å². The lowest BCUT2D eigenvalue weighted by molar-refractivity contribution is -0.112. The first-order chi connectivity index (χ1) is 8.60. The standard InChI is InChI=1S/C11H10N4O2S/c1-6(16)3-4-7-5-12-9-8(13-7)10(17)15-11(14-9)18-2/h3-5H,1-2H3,(H,12,14,15,17)/b4-3+. The van der Waals surface area contributed by atoms with Gasteiger partial charge < -0.3 is 0 Å². The van der Waals surface area contributed by atoms with Gasteiger partial charge in [0.25, 0.3) is 5.56 Å². The Morgan fingerprint density at radius 1 is 1.44 bits per heavy atom. The lowest BCUT2D eigenvalue weighted by atomic mass is 10.3. The molecule has 0 radical (unpaired) electrons. The van der Waals surface area contributed by atoms with Gasteiger partial charge >= 0.3 is 0 Å². The fourth-order valence-corrected chi connectivity index (χ4v) is 1.66. The Morgan fingerprint density at radius 2 is 2.22 bits per heavy atom. The zero-order chi connectivity index (χ0) is 13.1. The van der Waals surface area contributed by atoms with E-state index in [9.17, 15) is 9.59 Å². The molecule has 2 rings (SSSR count). The Balaban J connectivity index is 2.55. The molecule has 0 fully saturated rings. The zero-order valence-corrected chi connectivity index (χ0v) is 10.6. The highest BCUT2D eigenvalue weighted by Crippen LogP contribution is 2.09. The number of rotatable bonds is 3. The van der Waals surface area contributed by atoms with Gasteiger partial charge in [-0.25, -0.2) is 15.0 Å². The molecule has 0 unspecified atom stereocenters. The number of fused-ring (bicyclic) bond motifs is 1. The number of H-pyrrole nitrogens is 1. The van der Waals surface area contributed by atoms with Crippen LogP contribution < -0.4 is 5.56 Å². The monoisotopic (exact) mass is 262 g/mol. The van der Waals surface area contributed by atoms with Crippen molar-refractivity contribution in [1.82, 2.24) is 19.9 Å². The van der Waals surface area contributed by atoms with Crippen molar-refractivity contribution < 1.29 is 4.79 Å². The molecule has 1 N–H and O–H groups in total. The van der Waals surface area contributed by atoms with Crippen LogP contribution in [0.3, 0.4) is 0 Å². The van der Waals surface area contributed by atoms with E-state index >= 15 is 0 Å². The number of aromatic amines is 1. The van der Waals surface area contributed by atoms with Crippen molar-refractivity contribution in [2.75, 3.05) is 6.26 Å². The van der Waals surface area contributed by atoms with Crippen molar-refractivity contribution >= 4 is 34.8 Å². The number of hydrogen-bond donors (Lipinski definition) is 1. The number of carbonyl (C=O) groups excluding carboxylic acids is 1. The summed E-state index contributed by atoms with van der Waals surface area (Å²) in [6, 6.07) is 0.